The predicted molar refractivity (Wildman–Crippen MR) is 93.2 cm³/mol. The third kappa shape index (κ3) is 4.93. The van der Waals surface area contributed by atoms with Crippen LogP contribution in [0.15, 0.2) is 46.7 Å². The first kappa shape index (κ1) is 17.2. The minimum absolute atomic E-state index is 0.208. The summed E-state index contributed by atoms with van der Waals surface area (Å²) in [6.07, 6.45) is 2.32. The second-order valence-corrected chi connectivity index (χ2v) is 8.91. The van der Waals surface area contributed by atoms with Crippen molar-refractivity contribution in [1.29, 1.82) is 0 Å². The van der Waals surface area contributed by atoms with Gasteiger partial charge >= 0.3 is 0 Å². The van der Waals surface area contributed by atoms with Crippen molar-refractivity contribution in [1.82, 2.24) is 5.32 Å². The number of hydrogen-bond acceptors (Lipinski definition) is 4. The van der Waals surface area contributed by atoms with Gasteiger partial charge < -0.3 is 5.32 Å². The lowest BCUT2D eigenvalue weighted by atomic mass is 10.0. The highest BCUT2D eigenvalue weighted by atomic mass is 32.2. The van der Waals surface area contributed by atoms with Crippen molar-refractivity contribution in [2.45, 2.75) is 31.2 Å². The van der Waals surface area contributed by atoms with Gasteiger partial charge in [0.2, 0.25) is 0 Å². The molecule has 0 aliphatic carbocycles. The maximum absolute atomic E-state index is 11.5. The molecule has 0 aliphatic heterocycles. The van der Waals surface area contributed by atoms with Crippen LogP contribution in [-0.4, -0.2) is 21.2 Å². The number of benzene rings is 1. The average Bonchev–Trinajstić information content (AvgIpc) is 2.97. The second kappa shape index (κ2) is 7.40. The van der Waals surface area contributed by atoms with Crippen molar-refractivity contribution < 1.29 is 8.42 Å². The van der Waals surface area contributed by atoms with E-state index in [9.17, 15) is 8.42 Å². The van der Waals surface area contributed by atoms with E-state index in [0.717, 1.165) is 18.5 Å². The Hall–Kier alpha value is -1.17. The highest BCUT2D eigenvalue weighted by Crippen LogP contribution is 2.18. The number of thiophene rings is 1. The van der Waals surface area contributed by atoms with Gasteiger partial charge in [-0.2, -0.15) is 0 Å². The Morgan fingerprint density at radius 1 is 1.14 bits per heavy atom. The molecule has 0 spiro atoms. The lowest BCUT2D eigenvalue weighted by molar-refractivity contribution is 0.470. The summed E-state index contributed by atoms with van der Waals surface area (Å²) in [5.74, 6) is 0.566. The van der Waals surface area contributed by atoms with Crippen LogP contribution in [0.25, 0.3) is 0 Å². The van der Waals surface area contributed by atoms with Gasteiger partial charge in [-0.1, -0.05) is 25.1 Å². The molecular weight excluding hydrogens is 314 g/mol. The molecule has 0 radical (unpaired) electrons. The zero-order chi connectivity index (χ0) is 16.2. The van der Waals surface area contributed by atoms with Gasteiger partial charge in [0.15, 0.2) is 9.84 Å². The summed E-state index contributed by atoms with van der Waals surface area (Å²) < 4.78 is 22.9. The fourth-order valence-corrected chi connectivity index (χ4v) is 3.84. The van der Waals surface area contributed by atoms with E-state index in [1.807, 2.05) is 12.1 Å². The predicted octanol–water partition coefficient (Wildman–Crippen LogP) is 3.68. The molecule has 2 aromatic rings. The Morgan fingerprint density at radius 3 is 2.36 bits per heavy atom. The van der Waals surface area contributed by atoms with Gasteiger partial charge in [0.05, 0.1) is 4.90 Å². The molecule has 0 amide bonds. The van der Waals surface area contributed by atoms with Crippen LogP contribution in [0, 0.1) is 5.92 Å². The van der Waals surface area contributed by atoms with Crippen molar-refractivity contribution in [2.24, 2.45) is 5.92 Å². The van der Waals surface area contributed by atoms with Crippen LogP contribution < -0.4 is 5.32 Å². The number of hydrogen-bond donors (Lipinski definition) is 1. The van der Waals surface area contributed by atoms with Crippen LogP contribution in [0.1, 0.15) is 30.3 Å². The van der Waals surface area contributed by atoms with E-state index in [1.54, 1.807) is 23.5 Å². The van der Waals surface area contributed by atoms with E-state index >= 15 is 0 Å². The molecule has 0 bridgehead atoms. The normalized spacial score (nSPS) is 14.7. The molecule has 5 heteroatoms. The minimum atomic E-state index is -3.12. The maximum atomic E-state index is 11.5. The van der Waals surface area contributed by atoms with E-state index in [0.29, 0.717) is 10.8 Å². The Morgan fingerprint density at radius 2 is 1.82 bits per heavy atom. The van der Waals surface area contributed by atoms with Gasteiger partial charge in [0.1, 0.15) is 0 Å². The topological polar surface area (TPSA) is 46.2 Å². The molecule has 1 aromatic heterocycles. The van der Waals surface area contributed by atoms with Gasteiger partial charge in [-0.25, -0.2) is 8.42 Å². The Kier molecular flexibility index (Phi) is 5.78. The Balaban J connectivity index is 1.88. The molecule has 2 atom stereocenters. The average molecular weight is 338 g/mol. The summed E-state index contributed by atoms with van der Waals surface area (Å²) in [4.78, 5) is 1.79. The molecule has 22 heavy (non-hydrogen) atoms. The van der Waals surface area contributed by atoms with Crippen molar-refractivity contribution in [2.75, 3.05) is 12.8 Å². The Bertz CT molecular complexity index is 676. The summed E-state index contributed by atoms with van der Waals surface area (Å²) in [6, 6.07) is 11.6. The first-order chi connectivity index (χ1) is 10.4. The Labute approximate surface area is 137 Å². The molecule has 1 N–H and O–H groups in total. The zero-order valence-electron chi connectivity index (χ0n) is 13.2. The highest BCUT2D eigenvalue weighted by Gasteiger charge is 2.11. The molecule has 0 aliphatic rings. The molecule has 0 saturated heterocycles. The van der Waals surface area contributed by atoms with Crippen LogP contribution in [0.2, 0.25) is 0 Å². The van der Waals surface area contributed by atoms with Crippen LogP contribution in [0.5, 0.6) is 0 Å². The van der Waals surface area contributed by atoms with Crippen molar-refractivity contribution in [3.63, 3.8) is 0 Å². The lowest BCUT2D eigenvalue weighted by Gasteiger charge is -2.18. The van der Waals surface area contributed by atoms with Gasteiger partial charge in [0, 0.05) is 17.2 Å². The van der Waals surface area contributed by atoms with Crippen molar-refractivity contribution in [3.8, 4) is 0 Å². The van der Waals surface area contributed by atoms with E-state index < -0.39 is 9.84 Å². The van der Waals surface area contributed by atoms with Gasteiger partial charge in [-0.3, -0.25) is 0 Å². The van der Waals surface area contributed by atoms with Gasteiger partial charge in [0.25, 0.3) is 0 Å². The first-order valence-corrected chi connectivity index (χ1v) is 10.2. The smallest absolute Gasteiger partial charge is 0.175 e. The van der Waals surface area contributed by atoms with Crippen LogP contribution >= 0.6 is 11.3 Å². The van der Waals surface area contributed by atoms with Crippen LogP contribution in [0.3, 0.4) is 0 Å². The van der Waals surface area contributed by atoms with Gasteiger partial charge in [-0.05, 0) is 54.9 Å². The first-order valence-electron chi connectivity index (χ1n) is 7.42. The van der Waals surface area contributed by atoms with E-state index in [4.69, 9.17) is 0 Å². The van der Waals surface area contributed by atoms with Crippen LogP contribution in [0.4, 0.5) is 0 Å². The standard InChI is InChI=1S/C17H23NO2S2/c1-13(11-16-5-4-10-21-16)12-18-14(2)15-6-8-17(9-7-15)22(3,19)20/h4-10,13-14,18H,11-12H2,1-3H3/t13-,14-/m0/s1. The molecule has 0 unspecified atom stereocenters. The number of rotatable bonds is 7. The third-order valence-corrected chi connectivity index (χ3v) is 5.74. The van der Waals surface area contributed by atoms with Crippen molar-refractivity contribution in [3.05, 3.63) is 52.2 Å². The summed E-state index contributed by atoms with van der Waals surface area (Å²) in [6.45, 7) is 5.28. The maximum Gasteiger partial charge on any atom is 0.175 e. The minimum Gasteiger partial charge on any atom is -0.310 e. The second-order valence-electron chi connectivity index (χ2n) is 5.86. The fraction of sp³-hybridized carbons (Fsp3) is 0.412. The molecule has 1 aromatic carbocycles. The molecule has 2 rings (SSSR count). The fourth-order valence-electron chi connectivity index (χ4n) is 2.34. The number of sulfone groups is 1. The summed E-state index contributed by atoms with van der Waals surface area (Å²) >= 11 is 1.80. The number of nitrogens with one attached hydrogen (secondary N) is 1. The monoisotopic (exact) mass is 337 g/mol. The lowest BCUT2D eigenvalue weighted by Crippen LogP contribution is -2.25. The van der Waals surface area contributed by atoms with E-state index in [2.05, 4.69) is 36.7 Å². The molecule has 120 valence electrons. The highest BCUT2D eigenvalue weighted by molar-refractivity contribution is 7.90. The summed E-state index contributed by atoms with van der Waals surface area (Å²) in [7, 11) is -3.12. The van der Waals surface area contributed by atoms with Gasteiger partial charge in [-0.15, -0.1) is 11.3 Å². The zero-order valence-corrected chi connectivity index (χ0v) is 14.9. The summed E-state index contributed by atoms with van der Waals surface area (Å²) in [5.41, 5.74) is 1.11. The molecule has 3 nitrogen and oxygen atoms in total. The largest absolute Gasteiger partial charge is 0.310 e. The van der Waals surface area contributed by atoms with E-state index in [1.165, 1.54) is 11.1 Å². The van der Waals surface area contributed by atoms with Crippen molar-refractivity contribution >= 4 is 21.2 Å². The summed E-state index contributed by atoms with van der Waals surface area (Å²) in [5, 5.41) is 5.64. The molecule has 0 saturated carbocycles. The SMILES string of the molecule is C[C@H](CN[C@@H](C)c1ccc(S(C)(=O)=O)cc1)Cc1cccs1. The van der Waals surface area contributed by atoms with Crippen LogP contribution in [-0.2, 0) is 16.3 Å². The van der Waals surface area contributed by atoms with E-state index in [-0.39, 0.29) is 6.04 Å². The molecular formula is C17H23NO2S2. The third-order valence-electron chi connectivity index (χ3n) is 3.71. The molecule has 1 heterocycles. The quantitative estimate of drug-likeness (QED) is 0.838. The molecule has 0 fully saturated rings.